The van der Waals surface area contributed by atoms with E-state index in [1.165, 1.54) is 0 Å². The summed E-state index contributed by atoms with van der Waals surface area (Å²) in [5.74, 6) is -0.278. The van der Waals surface area contributed by atoms with Crippen molar-refractivity contribution in [1.82, 2.24) is 4.98 Å². The number of aliphatic carboxylic acids is 1. The molecule has 0 spiro atoms. The molecule has 1 heterocycles. The number of carbonyl (C=O) groups is 1. The third-order valence-corrected chi connectivity index (χ3v) is 3.05. The lowest BCUT2D eigenvalue weighted by Gasteiger charge is -2.28. The molecule has 0 amide bonds. The van der Waals surface area contributed by atoms with Crippen molar-refractivity contribution >= 4 is 5.97 Å². The summed E-state index contributed by atoms with van der Waals surface area (Å²) in [7, 11) is 0. The summed E-state index contributed by atoms with van der Waals surface area (Å²) in [6, 6.07) is 11.0. The average Bonchev–Trinajstić information content (AvgIpc) is 2.41. The Morgan fingerprint density at radius 2 is 1.85 bits per heavy atom. The van der Waals surface area contributed by atoms with Crippen LogP contribution in [-0.2, 0) is 16.8 Å². The molecule has 2 rings (SSSR count). The van der Waals surface area contributed by atoms with Crippen LogP contribution in [-0.4, -0.2) is 16.1 Å². The minimum Gasteiger partial charge on any atom is -0.483 e. The molecule has 1 aromatic carbocycles. The topological polar surface area (TPSA) is 59.4 Å². The fraction of sp³-hybridized carbons (Fsp3) is 0.250. The van der Waals surface area contributed by atoms with E-state index in [0.717, 1.165) is 5.56 Å². The van der Waals surface area contributed by atoms with E-state index < -0.39 is 11.6 Å². The highest BCUT2D eigenvalue weighted by Gasteiger charge is 2.23. The van der Waals surface area contributed by atoms with Crippen LogP contribution in [0.4, 0.5) is 0 Å². The summed E-state index contributed by atoms with van der Waals surface area (Å²) in [5.41, 5.74) is 1.09. The highest BCUT2D eigenvalue weighted by atomic mass is 16.5. The van der Waals surface area contributed by atoms with Gasteiger partial charge >= 0.3 is 5.97 Å². The maximum Gasteiger partial charge on any atom is 0.307 e. The van der Waals surface area contributed by atoms with E-state index >= 15 is 0 Å². The maximum atomic E-state index is 10.9. The Kier molecular flexibility index (Phi) is 4.03. The van der Waals surface area contributed by atoms with Gasteiger partial charge in [0.15, 0.2) is 0 Å². The van der Waals surface area contributed by atoms with Crippen LogP contribution >= 0.6 is 0 Å². The molecular weight excluding hydrogens is 254 g/mol. The van der Waals surface area contributed by atoms with Gasteiger partial charge < -0.3 is 9.84 Å². The van der Waals surface area contributed by atoms with E-state index in [1.54, 1.807) is 24.5 Å². The second-order valence-electron chi connectivity index (χ2n) is 5.03. The van der Waals surface area contributed by atoms with Crippen molar-refractivity contribution < 1.29 is 14.6 Å². The second kappa shape index (κ2) is 5.74. The van der Waals surface area contributed by atoms with Gasteiger partial charge in [-0.25, -0.2) is 0 Å². The first-order chi connectivity index (χ1) is 9.49. The molecule has 2 aromatic rings. The lowest BCUT2D eigenvalue weighted by molar-refractivity contribution is -0.136. The van der Waals surface area contributed by atoms with E-state index in [9.17, 15) is 4.79 Å². The number of carboxylic acid groups (broad SMARTS) is 1. The van der Waals surface area contributed by atoms with E-state index in [-0.39, 0.29) is 6.42 Å². The summed E-state index contributed by atoms with van der Waals surface area (Å²) < 4.78 is 6.03. The molecule has 0 atom stereocenters. The van der Waals surface area contributed by atoms with Crippen molar-refractivity contribution in [1.29, 1.82) is 0 Å². The Morgan fingerprint density at radius 1 is 1.20 bits per heavy atom. The van der Waals surface area contributed by atoms with Crippen LogP contribution in [0.5, 0.6) is 5.75 Å². The van der Waals surface area contributed by atoms with Gasteiger partial charge in [0.05, 0.1) is 6.42 Å². The fourth-order valence-electron chi connectivity index (χ4n) is 2.00. The quantitative estimate of drug-likeness (QED) is 0.908. The lowest BCUT2D eigenvalue weighted by atomic mass is 9.99. The molecule has 0 aliphatic rings. The van der Waals surface area contributed by atoms with Gasteiger partial charge in [0.1, 0.15) is 11.4 Å². The number of carboxylic acids is 1. The Bertz CT molecular complexity index is 594. The van der Waals surface area contributed by atoms with Gasteiger partial charge in [0.2, 0.25) is 0 Å². The largest absolute Gasteiger partial charge is 0.483 e. The van der Waals surface area contributed by atoms with Gasteiger partial charge in [-0.3, -0.25) is 9.78 Å². The molecule has 1 N–H and O–H groups in total. The van der Waals surface area contributed by atoms with Crippen molar-refractivity contribution in [2.45, 2.75) is 25.9 Å². The van der Waals surface area contributed by atoms with Crippen LogP contribution in [0.3, 0.4) is 0 Å². The van der Waals surface area contributed by atoms with Crippen LogP contribution in [0.1, 0.15) is 25.0 Å². The molecule has 0 saturated heterocycles. The van der Waals surface area contributed by atoms with Crippen molar-refractivity contribution in [3.63, 3.8) is 0 Å². The minimum atomic E-state index is -0.872. The van der Waals surface area contributed by atoms with Crippen LogP contribution in [0.25, 0.3) is 0 Å². The van der Waals surface area contributed by atoms with Crippen molar-refractivity contribution in [3.05, 3.63) is 59.9 Å². The molecule has 4 heteroatoms. The zero-order valence-corrected chi connectivity index (χ0v) is 11.5. The molecule has 0 aliphatic carbocycles. The minimum absolute atomic E-state index is 0.0530. The van der Waals surface area contributed by atoms with E-state index in [0.29, 0.717) is 11.3 Å². The second-order valence-corrected chi connectivity index (χ2v) is 5.03. The summed E-state index contributed by atoms with van der Waals surface area (Å²) in [6.07, 6.45) is 3.37. The van der Waals surface area contributed by atoms with E-state index in [2.05, 4.69) is 4.98 Å². The first kappa shape index (κ1) is 14.1. The number of rotatable bonds is 5. The van der Waals surface area contributed by atoms with Gasteiger partial charge in [-0.1, -0.05) is 18.2 Å². The third kappa shape index (κ3) is 3.35. The summed E-state index contributed by atoms with van der Waals surface area (Å²) in [6.45, 7) is 3.89. The van der Waals surface area contributed by atoms with E-state index in [1.807, 2.05) is 38.1 Å². The van der Waals surface area contributed by atoms with Gasteiger partial charge in [0, 0.05) is 18.0 Å². The summed E-state index contributed by atoms with van der Waals surface area (Å²) >= 11 is 0. The molecular formula is C16H17NO3. The highest BCUT2D eigenvalue weighted by molar-refractivity contribution is 5.71. The highest BCUT2D eigenvalue weighted by Crippen LogP contribution is 2.29. The molecule has 1 aromatic heterocycles. The first-order valence-corrected chi connectivity index (χ1v) is 6.38. The summed E-state index contributed by atoms with van der Waals surface area (Å²) in [4.78, 5) is 14.9. The van der Waals surface area contributed by atoms with E-state index in [4.69, 9.17) is 9.84 Å². The number of ether oxygens (including phenoxy) is 1. The molecule has 0 radical (unpaired) electrons. The molecule has 0 saturated carbocycles. The SMILES string of the molecule is CC(C)(Oc1ccccc1CC(=O)O)c1ccncc1. The normalized spacial score (nSPS) is 11.1. The molecule has 0 unspecified atom stereocenters. The Hall–Kier alpha value is -2.36. The Balaban J connectivity index is 2.27. The van der Waals surface area contributed by atoms with Gasteiger partial charge in [-0.2, -0.15) is 0 Å². The number of hydrogen-bond acceptors (Lipinski definition) is 3. The number of para-hydroxylation sites is 1. The zero-order valence-electron chi connectivity index (χ0n) is 11.5. The number of pyridine rings is 1. The predicted molar refractivity (Wildman–Crippen MR) is 75.7 cm³/mol. The number of hydrogen-bond donors (Lipinski definition) is 1. The smallest absolute Gasteiger partial charge is 0.307 e. The van der Waals surface area contributed by atoms with Gasteiger partial charge in [-0.05, 0) is 37.6 Å². The first-order valence-electron chi connectivity index (χ1n) is 6.38. The number of nitrogens with zero attached hydrogens (tertiary/aromatic N) is 1. The van der Waals surface area contributed by atoms with Crippen LogP contribution in [0, 0.1) is 0 Å². The van der Waals surface area contributed by atoms with Gasteiger partial charge in [0.25, 0.3) is 0 Å². The number of aromatic nitrogens is 1. The molecule has 4 nitrogen and oxygen atoms in total. The Labute approximate surface area is 118 Å². The third-order valence-electron chi connectivity index (χ3n) is 3.05. The molecule has 0 fully saturated rings. The van der Waals surface area contributed by atoms with Crippen molar-refractivity contribution in [2.24, 2.45) is 0 Å². The predicted octanol–water partition coefficient (Wildman–Crippen LogP) is 3.02. The van der Waals surface area contributed by atoms with Crippen LogP contribution < -0.4 is 4.74 Å². The van der Waals surface area contributed by atoms with Gasteiger partial charge in [-0.15, -0.1) is 0 Å². The molecule has 104 valence electrons. The average molecular weight is 271 g/mol. The molecule has 0 bridgehead atoms. The van der Waals surface area contributed by atoms with Crippen LogP contribution in [0.2, 0.25) is 0 Å². The van der Waals surface area contributed by atoms with Crippen molar-refractivity contribution in [2.75, 3.05) is 0 Å². The molecule has 20 heavy (non-hydrogen) atoms. The maximum absolute atomic E-state index is 10.9. The van der Waals surface area contributed by atoms with Crippen molar-refractivity contribution in [3.8, 4) is 5.75 Å². The zero-order chi connectivity index (χ0) is 14.6. The standard InChI is InChI=1S/C16H17NO3/c1-16(2,13-7-9-17-10-8-13)20-14-6-4-3-5-12(14)11-15(18)19/h3-10H,11H2,1-2H3,(H,18,19). The monoisotopic (exact) mass is 271 g/mol. The van der Waals surface area contributed by atoms with Crippen LogP contribution in [0.15, 0.2) is 48.8 Å². The lowest BCUT2D eigenvalue weighted by Crippen LogP contribution is -2.26. The molecule has 0 aliphatic heterocycles. The fourth-order valence-corrected chi connectivity index (χ4v) is 2.00. The summed E-state index contributed by atoms with van der Waals surface area (Å²) in [5, 5.41) is 8.94. The Morgan fingerprint density at radius 3 is 2.50 bits per heavy atom. The number of benzene rings is 1.